The fourth-order valence-corrected chi connectivity index (χ4v) is 2.09. The number of benzene rings is 1. The molecule has 2 N–H and O–H groups in total. The lowest BCUT2D eigenvalue weighted by molar-refractivity contribution is 0.0887. The third-order valence-electron chi connectivity index (χ3n) is 3.30. The molecule has 0 bridgehead atoms. The molecule has 0 atom stereocenters. The molecule has 2 rings (SSSR count). The first-order valence-corrected chi connectivity index (χ1v) is 5.98. The van der Waals surface area contributed by atoms with Crippen LogP contribution in [0.25, 0.3) is 0 Å². The number of hydrogen-bond donors (Lipinski definition) is 2. The van der Waals surface area contributed by atoms with Gasteiger partial charge in [0.2, 0.25) is 0 Å². The standard InChI is InChI=1S/C13H16F2N2O/c1-13(4-6-16-7-5-13)17-12(18)9-2-3-10(14)11(15)8-9/h2-3,8,16H,4-7H2,1H3,(H,17,18). The molecule has 1 fully saturated rings. The quantitative estimate of drug-likeness (QED) is 0.845. The first kappa shape index (κ1) is 13.0. The zero-order valence-electron chi connectivity index (χ0n) is 10.2. The minimum atomic E-state index is -1.00. The fourth-order valence-electron chi connectivity index (χ4n) is 2.09. The molecule has 0 unspecified atom stereocenters. The third kappa shape index (κ3) is 2.85. The van der Waals surface area contributed by atoms with Gasteiger partial charge < -0.3 is 10.6 Å². The Labute approximate surface area is 105 Å². The van der Waals surface area contributed by atoms with Crippen LogP contribution in [-0.2, 0) is 0 Å². The zero-order valence-corrected chi connectivity index (χ0v) is 10.2. The van der Waals surface area contributed by atoms with Crippen LogP contribution >= 0.6 is 0 Å². The van der Waals surface area contributed by atoms with E-state index in [0.717, 1.165) is 38.1 Å². The number of piperidine rings is 1. The topological polar surface area (TPSA) is 41.1 Å². The molecule has 1 saturated heterocycles. The van der Waals surface area contributed by atoms with Gasteiger partial charge in [-0.3, -0.25) is 4.79 Å². The minimum absolute atomic E-state index is 0.147. The summed E-state index contributed by atoms with van der Waals surface area (Å²) in [5.41, 5.74) is -0.138. The molecule has 0 radical (unpaired) electrons. The van der Waals surface area contributed by atoms with E-state index >= 15 is 0 Å². The third-order valence-corrected chi connectivity index (χ3v) is 3.30. The molecule has 1 aromatic carbocycles. The van der Waals surface area contributed by atoms with Gasteiger partial charge in [0.05, 0.1) is 0 Å². The highest BCUT2D eigenvalue weighted by atomic mass is 19.2. The fraction of sp³-hybridized carbons (Fsp3) is 0.462. The normalized spacial score (nSPS) is 18.4. The van der Waals surface area contributed by atoms with Crippen molar-refractivity contribution in [3.05, 3.63) is 35.4 Å². The Morgan fingerprint density at radius 2 is 1.94 bits per heavy atom. The Morgan fingerprint density at radius 1 is 1.28 bits per heavy atom. The molecule has 5 heteroatoms. The maximum Gasteiger partial charge on any atom is 0.251 e. The van der Waals surface area contributed by atoms with E-state index in [1.54, 1.807) is 0 Å². The first-order chi connectivity index (χ1) is 8.50. The maximum absolute atomic E-state index is 13.0. The molecule has 0 aromatic heterocycles. The lowest BCUT2D eigenvalue weighted by Crippen LogP contribution is -2.52. The van der Waals surface area contributed by atoms with Gasteiger partial charge in [0.15, 0.2) is 11.6 Å². The van der Waals surface area contributed by atoms with E-state index in [1.165, 1.54) is 6.07 Å². The number of carbonyl (C=O) groups excluding carboxylic acids is 1. The molecule has 1 aliphatic heterocycles. The average molecular weight is 254 g/mol. The van der Waals surface area contributed by atoms with Gasteiger partial charge in [-0.2, -0.15) is 0 Å². The van der Waals surface area contributed by atoms with E-state index in [0.29, 0.717) is 0 Å². The zero-order chi connectivity index (χ0) is 13.2. The Kier molecular flexibility index (Phi) is 3.61. The first-order valence-electron chi connectivity index (χ1n) is 5.98. The summed E-state index contributed by atoms with van der Waals surface area (Å²) in [6.07, 6.45) is 1.64. The summed E-state index contributed by atoms with van der Waals surface area (Å²) in [5.74, 6) is -2.31. The summed E-state index contributed by atoms with van der Waals surface area (Å²) >= 11 is 0. The maximum atomic E-state index is 13.0. The van der Waals surface area contributed by atoms with Gasteiger partial charge in [-0.25, -0.2) is 8.78 Å². The SMILES string of the molecule is CC1(NC(=O)c2ccc(F)c(F)c2)CCNCC1. The van der Waals surface area contributed by atoms with E-state index in [2.05, 4.69) is 10.6 Å². The lowest BCUT2D eigenvalue weighted by atomic mass is 9.90. The summed E-state index contributed by atoms with van der Waals surface area (Å²) in [5, 5.41) is 6.10. The van der Waals surface area contributed by atoms with Gasteiger partial charge in [0.25, 0.3) is 5.91 Å². The van der Waals surface area contributed by atoms with E-state index in [1.807, 2.05) is 6.92 Å². The highest BCUT2D eigenvalue weighted by Crippen LogP contribution is 2.18. The number of rotatable bonds is 2. The minimum Gasteiger partial charge on any atom is -0.347 e. The van der Waals surface area contributed by atoms with Crippen LogP contribution < -0.4 is 10.6 Å². The molecule has 1 aromatic rings. The largest absolute Gasteiger partial charge is 0.347 e. The second-order valence-electron chi connectivity index (χ2n) is 4.89. The lowest BCUT2D eigenvalue weighted by Gasteiger charge is -2.35. The predicted octanol–water partition coefficient (Wildman–Crippen LogP) is 1.84. The molecule has 0 aliphatic carbocycles. The summed E-state index contributed by atoms with van der Waals surface area (Å²) in [4.78, 5) is 12.0. The van der Waals surface area contributed by atoms with Crippen LogP contribution in [0.1, 0.15) is 30.1 Å². The Morgan fingerprint density at radius 3 is 2.56 bits per heavy atom. The number of halogens is 2. The number of carbonyl (C=O) groups is 1. The van der Waals surface area contributed by atoms with Crippen molar-refractivity contribution < 1.29 is 13.6 Å². The summed E-state index contributed by atoms with van der Waals surface area (Å²) < 4.78 is 25.8. The monoisotopic (exact) mass is 254 g/mol. The molecule has 0 saturated carbocycles. The Balaban J connectivity index is 2.09. The molecular formula is C13H16F2N2O. The second kappa shape index (κ2) is 5.02. The van der Waals surface area contributed by atoms with Crippen LogP contribution in [0.5, 0.6) is 0 Å². The van der Waals surface area contributed by atoms with E-state index in [-0.39, 0.29) is 17.0 Å². The number of hydrogen-bond acceptors (Lipinski definition) is 2. The second-order valence-corrected chi connectivity index (χ2v) is 4.89. The van der Waals surface area contributed by atoms with Crippen LogP contribution in [-0.4, -0.2) is 24.5 Å². The highest BCUT2D eigenvalue weighted by Gasteiger charge is 2.28. The smallest absolute Gasteiger partial charge is 0.251 e. The molecule has 3 nitrogen and oxygen atoms in total. The van der Waals surface area contributed by atoms with Crippen LogP contribution in [0.3, 0.4) is 0 Å². The molecule has 18 heavy (non-hydrogen) atoms. The molecule has 98 valence electrons. The van der Waals surface area contributed by atoms with Crippen molar-refractivity contribution in [2.75, 3.05) is 13.1 Å². The Bertz CT molecular complexity index is 456. The van der Waals surface area contributed by atoms with Crippen molar-refractivity contribution in [1.82, 2.24) is 10.6 Å². The van der Waals surface area contributed by atoms with Gasteiger partial charge in [-0.1, -0.05) is 0 Å². The average Bonchev–Trinajstić information content (AvgIpc) is 2.33. The number of amides is 1. The van der Waals surface area contributed by atoms with E-state index in [4.69, 9.17) is 0 Å². The highest BCUT2D eigenvalue weighted by molar-refractivity contribution is 5.94. The van der Waals surface area contributed by atoms with Gasteiger partial charge in [0, 0.05) is 11.1 Å². The molecule has 1 amide bonds. The summed E-state index contributed by atoms with van der Waals surface area (Å²) in [6.45, 7) is 3.65. The van der Waals surface area contributed by atoms with Crippen molar-refractivity contribution in [2.24, 2.45) is 0 Å². The predicted molar refractivity (Wildman–Crippen MR) is 64.3 cm³/mol. The Hall–Kier alpha value is -1.49. The van der Waals surface area contributed by atoms with Gasteiger partial charge in [0.1, 0.15) is 0 Å². The van der Waals surface area contributed by atoms with Gasteiger partial charge in [-0.15, -0.1) is 0 Å². The van der Waals surface area contributed by atoms with Crippen molar-refractivity contribution in [3.63, 3.8) is 0 Å². The summed E-state index contributed by atoms with van der Waals surface area (Å²) in [7, 11) is 0. The number of nitrogens with one attached hydrogen (secondary N) is 2. The molecule has 0 spiro atoms. The van der Waals surface area contributed by atoms with Gasteiger partial charge >= 0.3 is 0 Å². The van der Waals surface area contributed by atoms with E-state index in [9.17, 15) is 13.6 Å². The van der Waals surface area contributed by atoms with Gasteiger partial charge in [-0.05, 0) is 51.1 Å². The van der Waals surface area contributed by atoms with Crippen LogP contribution in [0.4, 0.5) is 8.78 Å². The molecular weight excluding hydrogens is 238 g/mol. The van der Waals surface area contributed by atoms with Crippen LogP contribution in [0.2, 0.25) is 0 Å². The van der Waals surface area contributed by atoms with Crippen molar-refractivity contribution in [2.45, 2.75) is 25.3 Å². The van der Waals surface area contributed by atoms with Crippen molar-refractivity contribution >= 4 is 5.91 Å². The molecule has 1 aliphatic rings. The molecule has 1 heterocycles. The van der Waals surface area contributed by atoms with Crippen molar-refractivity contribution in [3.8, 4) is 0 Å². The van der Waals surface area contributed by atoms with E-state index < -0.39 is 11.6 Å². The summed E-state index contributed by atoms with van der Waals surface area (Å²) in [6, 6.07) is 3.18. The van der Waals surface area contributed by atoms with Crippen molar-refractivity contribution in [1.29, 1.82) is 0 Å². The van der Waals surface area contributed by atoms with Crippen LogP contribution in [0, 0.1) is 11.6 Å². The van der Waals surface area contributed by atoms with Crippen LogP contribution in [0.15, 0.2) is 18.2 Å².